The van der Waals surface area contributed by atoms with Crippen molar-refractivity contribution in [2.45, 2.75) is 50.9 Å². The monoisotopic (exact) mass is 605 g/mol. The minimum atomic E-state index is -1.34. The highest BCUT2D eigenvalue weighted by Gasteiger charge is 2.40. The number of ketones is 1. The summed E-state index contributed by atoms with van der Waals surface area (Å²) >= 11 is 3.25. The van der Waals surface area contributed by atoms with Gasteiger partial charge in [-0.1, -0.05) is 12.1 Å². The summed E-state index contributed by atoms with van der Waals surface area (Å²) < 4.78 is 16.4. The number of hydrogen-bond donors (Lipinski definition) is 1. The van der Waals surface area contributed by atoms with E-state index < -0.39 is 24.0 Å². The van der Waals surface area contributed by atoms with E-state index in [2.05, 4.69) is 41.3 Å². The highest BCUT2D eigenvalue weighted by Crippen LogP contribution is 2.38. The zero-order chi connectivity index (χ0) is 28.0. The van der Waals surface area contributed by atoms with Gasteiger partial charge in [-0.05, 0) is 58.6 Å². The first-order chi connectivity index (χ1) is 19.3. The number of anilines is 1. The molecule has 4 heterocycles. The van der Waals surface area contributed by atoms with Crippen LogP contribution in [0.3, 0.4) is 0 Å². The van der Waals surface area contributed by atoms with E-state index in [9.17, 15) is 18.8 Å². The van der Waals surface area contributed by atoms with Crippen LogP contribution in [-0.2, 0) is 16.1 Å². The lowest BCUT2D eigenvalue weighted by Crippen LogP contribution is -2.44. The fourth-order valence-corrected chi connectivity index (χ4v) is 5.34. The average Bonchev–Trinajstić information content (AvgIpc) is 3.62. The minimum absolute atomic E-state index is 0.116. The van der Waals surface area contributed by atoms with E-state index in [1.54, 1.807) is 36.7 Å². The first kappa shape index (κ1) is 26.2. The van der Waals surface area contributed by atoms with Gasteiger partial charge < -0.3 is 10.2 Å². The minimum Gasteiger partial charge on any atom is -0.326 e. The van der Waals surface area contributed by atoms with E-state index in [0.717, 1.165) is 29.8 Å². The van der Waals surface area contributed by atoms with Gasteiger partial charge in [0.1, 0.15) is 40.7 Å². The number of benzene rings is 1. The van der Waals surface area contributed by atoms with Gasteiger partial charge >= 0.3 is 0 Å². The molecule has 10 nitrogen and oxygen atoms in total. The Balaban J connectivity index is 1.25. The molecule has 0 spiro atoms. The third kappa shape index (κ3) is 5.23. The Kier molecular flexibility index (Phi) is 6.87. The highest BCUT2D eigenvalue weighted by atomic mass is 79.9. The standard InChI is InChI=1S/C28H25BrFN7O3/c1-15(38)26-20-9-17(18-11-31-27(32-12-18)16-5-6-16)7-8-21(20)37(35-26)14-25(39)36-13-19(30)10-22(36)28(40)34-24-4-2-3-23(29)33-24/h2-4,7-9,11-12,16,19,22H,5-6,10,13-14H2,1H3,(H,33,34,40)/t19-,22+/m1/s1. The van der Waals surface area contributed by atoms with Crippen molar-refractivity contribution in [2.75, 3.05) is 11.9 Å². The van der Waals surface area contributed by atoms with Crippen molar-refractivity contribution in [3.05, 3.63) is 64.9 Å². The Bertz CT molecular complexity index is 1640. The summed E-state index contributed by atoms with van der Waals surface area (Å²) in [6.07, 6.45) is 4.32. The van der Waals surface area contributed by atoms with Crippen LogP contribution >= 0.6 is 15.9 Å². The van der Waals surface area contributed by atoms with Crippen LogP contribution in [0.4, 0.5) is 10.2 Å². The molecule has 2 atom stereocenters. The van der Waals surface area contributed by atoms with E-state index in [-0.39, 0.29) is 31.0 Å². The Morgan fingerprint density at radius 2 is 1.88 bits per heavy atom. The number of aromatic nitrogens is 5. The van der Waals surface area contributed by atoms with Crippen molar-refractivity contribution < 1.29 is 18.8 Å². The third-order valence-electron chi connectivity index (χ3n) is 7.16. The lowest BCUT2D eigenvalue weighted by Gasteiger charge is -2.23. The molecule has 1 aliphatic carbocycles. The lowest BCUT2D eigenvalue weighted by molar-refractivity contribution is -0.137. The number of likely N-dealkylation sites (tertiary alicyclic amines) is 1. The Hall–Kier alpha value is -4.06. The van der Waals surface area contributed by atoms with E-state index in [1.165, 1.54) is 16.5 Å². The number of rotatable bonds is 7. The van der Waals surface area contributed by atoms with Crippen molar-refractivity contribution in [3.8, 4) is 11.1 Å². The van der Waals surface area contributed by atoms with Crippen molar-refractivity contribution in [1.82, 2.24) is 29.6 Å². The largest absolute Gasteiger partial charge is 0.326 e. The Labute approximate surface area is 237 Å². The maximum atomic E-state index is 14.5. The number of carbonyl (C=O) groups excluding carboxylic acids is 3. The van der Waals surface area contributed by atoms with Crippen LogP contribution in [0.15, 0.2) is 53.4 Å². The predicted octanol–water partition coefficient (Wildman–Crippen LogP) is 4.31. The molecule has 2 amide bonds. The van der Waals surface area contributed by atoms with Crippen molar-refractivity contribution >= 4 is 50.2 Å². The summed E-state index contributed by atoms with van der Waals surface area (Å²) in [7, 11) is 0. The van der Waals surface area contributed by atoms with Crippen LogP contribution in [0.2, 0.25) is 0 Å². The lowest BCUT2D eigenvalue weighted by atomic mass is 10.0. The van der Waals surface area contributed by atoms with E-state index in [0.29, 0.717) is 27.2 Å². The van der Waals surface area contributed by atoms with Gasteiger partial charge in [0.05, 0.1) is 12.1 Å². The van der Waals surface area contributed by atoms with Crippen LogP contribution in [0, 0.1) is 0 Å². The molecule has 2 aliphatic rings. The first-order valence-electron chi connectivity index (χ1n) is 13.0. The van der Waals surface area contributed by atoms with Gasteiger partial charge in [-0.2, -0.15) is 5.10 Å². The number of nitrogens with one attached hydrogen (secondary N) is 1. The average molecular weight is 606 g/mol. The molecule has 40 heavy (non-hydrogen) atoms. The summed E-state index contributed by atoms with van der Waals surface area (Å²) in [5.74, 6) is 0.336. The first-order valence-corrected chi connectivity index (χ1v) is 13.8. The molecule has 1 aliphatic heterocycles. The zero-order valence-electron chi connectivity index (χ0n) is 21.6. The van der Waals surface area contributed by atoms with Gasteiger partial charge in [-0.25, -0.2) is 19.3 Å². The molecule has 1 aromatic carbocycles. The van der Waals surface area contributed by atoms with Gasteiger partial charge in [0.2, 0.25) is 11.8 Å². The highest BCUT2D eigenvalue weighted by molar-refractivity contribution is 9.10. The van der Waals surface area contributed by atoms with Crippen molar-refractivity contribution in [2.24, 2.45) is 0 Å². The van der Waals surface area contributed by atoms with Crippen LogP contribution in [0.5, 0.6) is 0 Å². The molecule has 4 aromatic rings. The molecule has 1 N–H and O–H groups in total. The number of carbonyl (C=O) groups is 3. The molecular formula is C28H25BrFN7O3. The molecule has 0 radical (unpaired) electrons. The molecular weight excluding hydrogens is 581 g/mol. The third-order valence-corrected chi connectivity index (χ3v) is 7.60. The molecule has 6 rings (SSSR count). The predicted molar refractivity (Wildman–Crippen MR) is 148 cm³/mol. The smallest absolute Gasteiger partial charge is 0.248 e. The molecule has 0 bridgehead atoms. The van der Waals surface area contributed by atoms with Gasteiger partial charge in [-0.3, -0.25) is 19.1 Å². The number of amides is 2. The zero-order valence-corrected chi connectivity index (χ0v) is 23.1. The maximum absolute atomic E-state index is 14.5. The molecule has 204 valence electrons. The van der Waals surface area contributed by atoms with Gasteiger partial charge in [-0.15, -0.1) is 0 Å². The number of fused-ring (bicyclic) bond motifs is 1. The second-order valence-electron chi connectivity index (χ2n) is 10.1. The number of pyridine rings is 1. The van der Waals surface area contributed by atoms with Crippen LogP contribution < -0.4 is 5.32 Å². The topological polar surface area (TPSA) is 123 Å². The van der Waals surface area contributed by atoms with Crippen molar-refractivity contribution in [3.63, 3.8) is 0 Å². The molecule has 3 aromatic heterocycles. The fraction of sp³-hybridized carbons (Fsp3) is 0.321. The summed E-state index contributed by atoms with van der Waals surface area (Å²) in [5, 5.41) is 7.67. The summed E-state index contributed by atoms with van der Waals surface area (Å²) in [4.78, 5) is 53.2. The normalized spacial score (nSPS) is 18.7. The van der Waals surface area contributed by atoms with Crippen LogP contribution in [0.1, 0.15) is 48.4 Å². The summed E-state index contributed by atoms with van der Waals surface area (Å²) in [6.45, 7) is 0.954. The molecule has 12 heteroatoms. The number of Topliss-reactive ketones (excluding diaryl/α,β-unsaturated/α-hetero) is 1. The van der Waals surface area contributed by atoms with E-state index >= 15 is 0 Å². The van der Waals surface area contributed by atoms with Gasteiger partial charge in [0.15, 0.2) is 5.78 Å². The Morgan fingerprint density at radius 3 is 2.58 bits per heavy atom. The molecule has 2 fully saturated rings. The summed E-state index contributed by atoms with van der Waals surface area (Å²) in [5.41, 5.74) is 2.43. The number of alkyl halides is 1. The van der Waals surface area contributed by atoms with Gasteiger partial charge in [0, 0.05) is 42.6 Å². The second-order valence-corrected chi connectivity index (χ2v) is 10.9. The molecule has 1 saturated carbocycles. The number of halogens is 2. The van der Waals surface area contributed by atoms with Crippen LogP contribution in [0.25, 0.3) is 22.0 Å². The number of nitrogens with zero attached hydrogens (tertiary/aromatic N) is 6. The number of hydrogen-bond acceptors (Lipinski definition) is 7. The van der Waals surface area contributed by atoms with E-state index in [4.69, 9.17) is 0 Å². The second kappa shape index (κ2) is 10.5. The van der Waals surface area contributed by atoms with E-state index in [1.807, 2.05) is 12.1 Å². The molecule has 0 unspecified atom stereocenters. The fourth-order valence-electron chi connectivity index (χ4n) is 4.99. The van der Waals surface area contributed by atoms with Gasteiger partial charge in [0.25, 0.3) is 0 Å². The SMILES string of the molecule is CC(=O)c1nn(CC(=O)N2C[C@H](F)C[C@H]2C(=O)Nc2cccc(Br)n2)c2ccc(-c3cnc(C4CC4)nc3)cc12. The Morgan fingerprint density at radius 1 is 1.10 bits per heavy atom. The summed E-state index contributed by atoms with van der Waals surface area (Å²) in [6, 6.07) is 9.52. The maximum Gasteiger partial charge on any atom is 0.248 e. The molecule has 1 saturated heterocycles. The quantitative estimate of drug-likeness (QED) is 0.246. The van der Waals surface area contributed by atoms with Crippen LogP contribution in [-0.4, -0.2) is 66.0 Å². The van der Waals surface area contributed by atoms with Crippen molar-refractivity contribution in [1.29, 1.82) is 0 Å².